The van der Waals surface area contributed by atoms with Crippen LogP contribution < -0.4 is 0 Å². The second-order valence-electron chi connectivity index (χ2n) is 2.56. The van der Waals surface area contributed by atoms with Gasteiger partial charge in [-0.3, -0.25) is 0 Å². The fraction of sp³-hybridized carbons (Fsp3) is 0.750. The summed E-state index contributed by atoms with van der Waals surface area (Å²) < 4.78 is 10.6. The highest BCUT2D eigenvalue weighted by molar-refractivity contribution is 4.72. The molecule has 0 radical (unpaired) electrons. The standard InChI is InChI=1S/C8H14O2/c1-3-9-7(2)8-5-4-6-10-8/h3,7-8H,1,4-6H2,2H3. The predicted octanol–water partition coefficient (Wildman–Crippen LogP) is 1.71. The summed E-state index contributed by atoms with van der Waals surface area (Å²) in [6.45, 7) is 6.39. The SMILES string of the molecule is C=COC(C)C1CCCO1. The van der Waals surface area contributed by atoms with Crippen LogP contribution in [0.4, 0.5) is 0 Å². The Kier molecular flexibility index (Phi) is 2.75. The Morgan fingerprint density at radius 2 is 2.60 bits per heavy atom. The van der Waals surface area contributed by atoms with E-state index in [4.69, 9.17) is 9.47 Å². The van der Waals surface area contributed by atoms with E-state index in [-0.39, 0.29) is 12.2 Å². The number of ether oxygens (including phenoxy) is 2. The van der Waals surface area contributed by atoms with E-state index in [1.807, 2.05) is 6.92 Å². The fourth-order valence-electron chi connectivity index (χ4n) is 1.21. The third-order valence-corrected chi connectivity index (χ3v) is 1.80. The third kappa shape index (κ3) is 1.74. The zero-order chi connectivity index (χ0) is 7.40. The topological polar surface area (TPSA) is 18.5 Å². The van der Waals surface area contributed by atoms with E-state index in [1.165, 1.54) is 6.26 Å². The minimum atomic E-state index is 0.167. The first kappa shape index (κ1) is 7.61. The Morgan fingerprint density at radius 3 is 3.10 bits per heavy atom. The van der Waals surface area contributed by atoms with Gasteiger partial charge >= 0.3 is 0 Å². The first-order valence-electron chi connectivity index (χ1n) is 3.72. The van der Waals surface area contributed by atoms with Crippen molar-refractivity contribution < 1.29 is 9.47 Å². The summed E-state index contributed by atoms with van der Waals surface area (Å²) in [5, 5.41) is 0. The molecule has 1 aliphatic rings. The van der Waals surface area contributed by atoms with Crippen molar-refractivity contribution in [1.82, 2.24) is 0 Å². The molecule has 1 fully saturated rings. The molecule has 1 rings (SSSR count). The molecule has 10 heavy (non-hydrogen) atoms. The van der Waals surface area contributed by atoms with Crippen LogP contribution in [0.5, 0.6) is 0 Å². The summed E-state index contributed by atoms with van der Waals surface area (Å²) in [5.41, 5.74) is 0. The molecule has 0 aromatic rings. The van der Waals surface area contributed by atoms with Crippen molar-refractivity contribution >= 4 is 0 Å². The number of rotatable bonds is 3. The van der Waals surface area contributed by atoms with E-state index in [0.29, 0.717) is 0 Å². The molecular weight excluding hydrogens is 128 g/mol. The molecule has 2 heteroatoms. The summed E-state index contributed by atoms with van der Waals surface area (Å²) in [4.78, 5) is 0. The molecule has 0 N–H and O–H groups in total. The van der Waals surface area contributed by atoms with Gasteiger partial charge in [0.05, 0.1) is 12.4 Å². The Balaban J connectivity index is 2.24. The Bertz CT molecular complexity index is 106. The average molecular weight is 142 g/mol. The van der Waals surface area contributed by atoms with E-state index in [0.717, 1.165) is 19.4 Å². The molecule has 0 bridgehead atoms. The molecule has 0 spiro atoms. The van der Waals surface area contributed by atoms with Crippen LogP contribution in [0.3, 0.4) is 0 Å². The van der Waals surface area contributed by atoms with Crippen LogP contribution in [-0.2, 0) is 9.47 Å². The van der Waals surface area contributed by atoms with Gasteiger partial charge in [0, 0.05) is 6.61 Å². The smallest absolute Gasteiger partial charge is 0.121 e. The second-order valence-corrected chi connectivity index (χ2v) is 2.56. The van der Waals surface area contributed by atoms with Crippen LogP contribution in [0.25, 0.3) is 0 Å². The molecule has 0 aliphatic carbocycles. The van der Waals surface area contributed by atoms with Crippen LogP contribution in [0.15, 0.2) is 12.8 Å². The van der Waals surface area contributed by atoms with Gasteiger partial charge in [0.1, 0.15) is 6.10 Å². The van der Waals surface area contributed by atoms with Crippen molar-refractivity contribution in [2.75, 3.05) is 6.61 Å². The molecule has 1 aliphatic heterocycles. The lowest BCUT2D eigenvalue weighted by molar-refractivity contribution is 0.000520. The van der Waals surface area contributed by atoms with E-state index >= 15 is 0 Å². The maximum absolute atomic E-state index is 5.39. The largest absolute Gasteiger partial charge is 0.496 e. The van der Waals surface area contributed by atoms with Crippen LogP contribution in [0.1, 0.15) is 19.8 Å². The summed E-state index contributed by atoms with van der Waals surface area (Å²) in [6, 6.07) is 0. The van der Waals surface area contributed by atoms with Crippen molar-refractivity contribution in [3.63, 3.8) is 0 Å². The molecule has 2 unspecified atom stereocenters. The molecule has 0 aromatic heterocycles. The van der Waals surface area contributed by atoms with Crippen LogP contribution in [-0.4, -0.2) is 18.8 Å². The third-order valence-electron chi connectivity index (χ3n) is 1.80. The molecule has 0 amide bonds. The minimum Gasteiger partial charge on any atom is -0.496 e. The molecule has 58 valence electrons. The van der Waals surface area contributed by atoms with Crippen molar-refractivity contribution in [3.8, 4) is 0 Å². The molecule has 1 heterocycles. The minimum absolute atomic E-state index is 0.167. The Morgan fingerprint density at radius 1 is 1.80 bits per heavy atom. The van der Waals surface area contributed by atoms with E-state index < -0.39 is 0 Å². The summed E-state index contributed by atoms with van der Waals surface area (Å²) >= 11 is 0. The summed E-state index contributed by atoms with van der Waals surface area (Å²) in [6.07, 6.45) is 4.22. The van der Waals surface area contributed by atoms with Crippen LogP contribution in [0, 0.1) is 0 Å². The maximum atomic E-state index is 5.39. The fourth-order valence-corrected chi connectivity index (χ4v) is 1.21. The van der Waals surface area contributed by atoms with E-state index in [1.54, 1.807) is 0 Å². The van der Waals surface area contributed by atoms with Gasteiger partial charge in [0.15, 0.2) is 0 Å². The lowest BCUT2D eigenvalue weighted by Gasteiger charge is -2.17. The van der Waals surface area contributed by atoms with Gasteiger partial charge < -0.3 is 9.47 Å². The number of hydrogen-bond donors (Lipinski definition) is 0. The quantitative estimate of drug-likeness (QED) is 0.558. The summed E-state index contributed by atoms with van der Waals surface area (Å²) in [7, 11) is 0. The highest BCUT2D eigenvalue weighted by atomic mass is 16.5. The van der Waals surface area contributed by atoms with Gasteiger partial charge in [0.2, 0.25) is 0 Å². The van der Waals surface area contributed by atoms with Crippen molar-refractivity contribution in [2.45, 2.75) is 32.0 Å². The predicted molar refractivity (Wildman–Crippen MR) is 39.7 cm³/mol. The molecular formula is C8H14O2. The highest BCUT2D eigenvalue weighted by Crippen LogP contribution is 2.17. The normalized spacial score (nSPS) is 27.9. The van der Waals surface area contributed by atoms with Gasteiger partial charge in [-0.2, -0.15) is 0 Å². The van der Waals surface area contributed by atoms with Crippen molar-refractivity contribution in [1.29, 1.82) is 0 Å². The highest BCUT2D eigenvalue weighted by Gasteiger charge is 2.22. The van der Waals surface area contributed by atoms with Gasteiger partial charge in [0.25, 0.3) is 0 Å². The van der Waals surface area contributed by atoms with Crippen molar-refractivity contribution in [3.05, 3.63) is 12.8 Å². The van der Waals surface area contributed by atoms with Gasteiger partial charge in [-0.05, 0) is 19.8 Å². The van der Waals surface area contributed by atoms with Crippen LogP contribution in [0.2, 0.25) is 0 Å². The monoisotopic (exact) mass is 142 g/mol. The zero-order valence-electron chi connectivity index (χ0n) is 6.38. The Labute approximate surface area is 61.8 Å². The van der Waals surface area contributed by atoms with Gasteiger partial charge in [-0.25, -0.2) is 0 Å². The summed E-state index contributed by atoms with van der Waals surface area (Å²) in [5.74, 6) is 0. The van der Waals surface area contributed by atoms with E-state index in [9.17, 15) is 0 Å². The maximum Gasteiger partial charge on any atom is 0.121 e. The second kappa shape index (κ2) is 3.62. The molecule has 2 atom stereocenters. The van der Waals surface area contributed by atoms with Crippen LogP contribution >= 0.6 is 0 Å². The first-order chi connectivity index (χ1) is 4.84. The zero-order valence-corrected chi connectivity index (χ0v) is 6.38. The number of hydrogen-bond acceptors (Lipinski definition) is 2. The molecule has 1 saturated heterocycles. The Hall–Kier alpha value is -0.500. The molecule has 0 aromatic carbocycles. The average Bonchev–Trinajstić information content (AvgIpc) is 2.38. The molecule has 2 nitrogen and oxygen atoms in total. The van der Waals surface area contributed by atoms with Crippen molar-refractivity contribution in [2.24, 2.45) is 0 Å². The van der Waals surface area contributed by atoms with Gasteiger partial charge in [-0.15, -0.1) is 0 Å². The van der Waals surface area contributed by atoms with E-state index in [2.05, 4.69) is 6.58 Å². The lowest BCUT2D eigenvalue weighted by Crippen LogP contribution is -2.23. The van der Waals surface area contributed by atoms with Gasteiger partial charge in [-0.1, -0.05) is 6.58 Å². The molecule has 0 saturated carbocycles. The lowest BCUT2D eigenvalue weighted by atomic mass is 10.1. The first-order valence-corrected chi connectivity index (χ1v) is 3.72.